The average molecular weight is 327 g/mol. The van der Waals surface area contributed by atoms with E-state index < -0.39 is 0 Å². The Kier molecular flexibility index (Phi) is 3.81. The second kappa shape index (κ2) is 5.41. The minimum Gasteiger partial charge on any atom is -0.363 e. The first-order valence-corrected chi connectivity index (χ1v) is 7.95. The number of piperidine rings is 1. The lowest BCUT2D eigenvalue weighted by molar-refractivity contribution is 0.359. The molecule has 2 aliphatic rings. The summed E-state index contributed by atoms with van der Waals surface area (Å²) >= 11 is 3.45. The van der Waals surface area contributed by atoms with Gasteiger partial charge in [0.2, 0.25) is 0 Å². The van der Waals surface area contributed by atoms with Crippen molar-refractivity contribution in [2.24, 2.45) is 0 Å². The second-order valence-corrected chi connectivity index (χ2v) is 6.53. The smallest absolute Gasteiger partial charge is 0.146 e. The SMILES string of the molecule is CCNC1CC2CCC(C1)N2c1cc(Br)ccc1F. The molecule has 2 unspecified atom stereocenters. The Labute approximate surface area is 122 Å². The van der Waals surface area contributed by atoms with Crippen molar-refractivity contribution in [1.29, 1.82) is 0 Å². The van der Waals surface area contributed by atoms with Crippen LogP contribution >= 0.6 is 15.9 Å². The quantitative estimate of drug-likeness (QED) is 0.911. The van der Waals surface area contributed by atoms with Gasteiger partial charge in [-0.05, 0) is 50.4 Å². The van der Waals surface area contributed by atoms with Crippen LogP contribution in [-0.4, -0.2) is 24.7 Å². The van der Waals surface area contributed by atoms with E-state index in [2.05, 4.69) is 33.1 Å². The van der Waals surface area contributed by atoms with Crippen LogP contribution in [0, 0.1) is 5.82 Å². The molecule has 2 saturated heterocycles. The summed E-state index contributed by atoms with van der Waals surface area (Å²) in [5, 5.41) is 3.55. The van der Waals surface area contributed by atoms with E-state index in [9.17, 15) is 4.39 Å². The minimum absolute atomic E-state index is 0.0954. The molecule has 4 heteroatoms. The molecule has 1 aromatic rings. The highest BCUT2D eigenvalue weighted by molar-refractivity contribution is 9.10. The van der Waals surface area contributed by atoms with Crippen molar-refractivity contribution in [2.75, 3.05) is 11.4 Å². The van der Waals surface area contributed by atoms with E-state index in [0.29, 0.717) is 18.1 Å². The molecular weight excluding hydrogens is 307 g/mol. The van der Waals surface area contributed by atoms with Crippen LogP contribution < -0.4 is 10.2 Å². The number of nitrogens with zero attached hydrogens (tertiary/aromatic N) is 1. The Hall–Kier alpha value is -0.610. The Morgan fingerprint density at radius 2 is 2.00 bits per heavy atom. The van der Waals surface area contributed by atoms with Gasteiger partial charge in [-0.2, -0.15) is 0 Å². The normalized spacial score (nSPS) is 29.8. The highest BCUT2D eigenvalue weighted by Crippen LogP contribution is 2.41. The predicted octanol–water partition coefficient (Wildman–Crippen LogP) is 3.70. The van der Waals surface area contributed by atoms with Crippen LogP contribution in [0.25, 0.3) is 0 Å². The van der Waals surface area contributed by atoms with E-state index >= 15 is 0 Å². The Morgan fingerprint density at radius 3 is 2.63 bits per heavy atom. The summed E-state index contributed by atoms with van der Waals surface area (Å²) in [5.41, 5.74) is 0.775. The Balaban J connectivity index is 1.85. The number of anilines is 1. The lowest BCUT2D eigenvalue weighted by Crippen LogP contribution is -2.49. The van der Waals surface area contributed by atoms with E-state index in [1.165, 1.54) is 12.8 Å². The van der Waals surface area contributed by atoms with Crippen molar-refractivity contribution in [1.82, 2.24) is 5.32 Å². The van der Waals surface area contributed by atoms with Crippen molar-refractivity contribution in [2.45, 2.75) is 50.7 Å². The molecule has 1 N–H and O–H groups in total. The maximum Gasteiger partial charge on any atom is 0.146 e. The molecule has 0 aromatic heterocycles. The molecule has 2 aliphatic heterocycles. The zero-order valence-electron chi connectivity index (χ0n) is 11.2. The van der Waals surface area contributed by atoms with Crippen molar-refractivity contribution in [3.05, 3.63) is 28.5 Å². The molecule has 1 aromatic carbocycles. The van der Waals surface area contributed by atoms with E-state index in [1.54, 1.807) is 12.1 Å². The number of fused-ring (bicyclic) bond motifs is 2. The molecule has 2 heterocycles. The molecule has 0 saturated carbocycles. The molecule has 2 nitrogen and oxygen atoms in total. The van der Waals surface area contributed by atoms with E-state index in [0.717, 1.165) is 29.5 Å². The number of nitrogens with one attached hydrogen (secondary N) is 1. The first-order chi connectivity index (χ1) is 9.19. The summed E-state index contributed by atoms with van der Waals surface area (Å²) < 4.78 is 15.1. The lowest BCUT2D eigenvalue weighted by Gasteiger charge is -2.41. The van der Waals surface area contributed by atoms with Gasteiger partial charge in [0.05, 0.1) is 5.69 Å². The van der Waals surface area contributed by atoms with E-state index in [-0.39, 0.29) is 5.82 Å². The van der Waals surface area contributed by atoms with Crippen molar-refractivity contribution in [3.8, 4) is 0 Å². The van der Waals surface area contributed by atoms with Gasteiger partial charge in [0.15, 0.2) is 0 Å². The Bertz CT molecular complexity index is 451. The molecule has 0 aliphatic carbocycles. The minimum atomic E-state index is -0.0954. The second-order valence-electron chi connectivity index (χ2n) is 5.61. The average Bonchev–Trinajstić information content (AvgIpc) is 2.64. The number of rotatable bonds is 3. The fraction of sp³-hybridized carbons (Fsp3) is 0.600. The standard InChI is InChI=1S/C15H20BrFN2/c1-2-18-11-8-12-4-5-13(9-11)19(12)15-7-10(16)3-6-14(15)17/h3,6-7,11-13,18H,2,4-5,8-9H2,1H3. The van der Waals surface area contributed by atoms with Gasteiger partial charge in [0.1, 0.15) is 5.82 Å². The van der Waals surface area contributed by atoms with Crippen LogP contribution in [0.1, 0.15) is 32.6 Å². The molecule has 0 amide bonds. The summed E-state index contributed by atoms with van der Waals surface area (Å²) in [4.78, 5) is 2.33. The number of hydrogen-bond donors (Lipinski definition) is 1. The van der Waals surface area contributed by atoms with E-state index in [4.69, 9.17) is 0 Å². The van der Waals surface area contributed by atoms with Gasteiger partial charge in [0, 0.05) is 22.6 Å². The highest BCUT2D eigenvalue weighted by atomic mass is 79.9. The first kappa shape index (κ1) is 13.4. The third-order valence-corrected chi connectivity index (χ3v) is 4.91. The molecule has 2 atom stereocenters. The summed E-state index contributed by atoms with van der Waals surface area (Å²) in [6, 6.07) is 6.85. The maximum atomic E-state index is 14.1. The zero-order valence-corrected chi connectivity index (χ0v) is 12.8. The van der Waals surface area contributed by atoms with Crippen LogP contribution in [0.3, 0.4) is 0 Å². The third kappa shape index (κ3) is 2.52. The van der Waals surface area contributed by atoms with Gasteiger partial charge in [0.25, 0.3) is 0 Å². The van der Waals surface area contributed by atoms with Crippen LogP contribution in [0.2, 0.25) is 0 Å². The molecule has 0 radical (unpaired) electrons. The van der Waals surface area contributed by atoms with Gasteiger partial charge in [-0.25, -0.2) is 4.39 Å². The van der Waals surface area contributed by atoms with Crippen LogP contribution in [-0.2, 0) is 0 Å². The van der Waals surface area contributed by atoms with Crippen molar-refractivity contribution < 1.29 is 4.39 Å². The van der Waals surface area contributed by atoms with Gasteiger partial charge < -0.3 is 10.2 Å². The van der Waals surface area contributed by atoms with Crippen LogP contribution in [0.5, 0.6) is 0 Å². The topological polar surface area (TPSA) is 15.3 Å². The fourth-order valence-electron chi connectivity index (χ4n) is 3.71. The van der Waals surface area contributed by atoms with Crippen molar-refractivity contribution >= 4 is 21.6 Å². The van der Waals surface area contributed by atoms with Crippen LogP contribution in [0.15, 0.2) is 22.7 Å². The first-order valence-electron chi connectivity index (χ1n) is 7.15. The van der Waals surface area contributed by atoms with Gasteiger partial charge >= 0.3 is 0 Å². The zero-order chi connectivity index (χ0) is 13.4. The number of halogens is 2. The monoisotopic (exact) mass is 326 g/mol. The van der Waals surface area contributed by atoms with Gasteiger partial charge in [-0.3, -0.25) is 0 Å². The summed E-state index contributed by atoms with van der Waals surface area (Å²) in [5.74, 6) is -0.0954. The summed E-state index contributed by atoms with van der Waals surface area (Å²) in [6.45, 7) is 3.18. The van der Waals surface area contributed by atoms with Crippen molar-refractivity contribution in [3.63, 3.8) is 0 Å². The molecular formula is C15H20BrFN2. The summed E-state index contributed by atoms with van der Waals surface area (Å²) in [6.07, 6.45) is 4.66. The lowest BCUT2D eigenvalue weighted by atomic mass is 9.96. The fourth-order valence-corrected chi connectivity index (χ4v) is 4.06. The Morgan fingerprint density at radius 1 is 1.32 bits per heavy atom. The largest absolute Gasteiger partial charge is 0.363 e. The molecule has 2 bridgehead atoms. The van der Waals surface area contributed by atoms with Crippen LogP contribution in [0.4, 0.5) is 10.1 Å². The van der Waals surface area contributed by atoms with Gasteiger partial charge in [-0.15, -0.1) is 0 Å². The van der Waals surface area contributed by atoms with E-state index in [1.807, 2.05) is 6.07 Å². The predicted molar refractivity (Wildman–Crippen MR) is 80.1 cm³/mol. The molecule has 104 valence electrons. The summed E-state index contributed by atoms with van der Waals surface area (Å²) in [7, 11) is 0. The molecule has 19 heavy (non-hydrogen) atoms. The number of benzene rings is 1. The number of hydrogen-bond acceptors (Lipinski definition) is 2. The maximum absolute atomic E-state index is 14.1. The molecule has 2 fully saturated rings. The molecule has 3 rings (SSSR count). The highest BCUT2D eigenvalue weighted by Gasteiger charge is 2.41. The third-order valence-electron chi connectivity index (χ3n) is 4.41. The van der Waals surface area contributed by atoms with Gasteiger partial charge in [-0.1, -0.05) is 22.9 Å². The molecule has 0 spiro atoms.